The lowest BCUT2D eigenvalue weighted by Crippen LogP contribution is -1.85. The number of hydrogen-bond acceptors (Lipinski definition) is 2. The predicted molar refractivity (Wildman–Crippen MR) is 48.6 cm³/mol. The van der Waals surface area contributed by atoms with Gasteiger partial charge in [0.1, 0.15) is 10.7 Å². The van der Waals surface area contributed by atoms with E-state index in [1.807, 2.05) is 6.92 Å². The van der Waals surface area contributed by atoms with Crippen molar-refractivity contribution in [2.45, 2.75) is 6.92 Å². The maximum Gasteiger partial charge on any atom is 0.156 e. The summed E-state index contributed by atoms with van der Waals surface area (Å²) in [6.07, 6.45) is 1.57. The van der Waals surface area contributed by atoms with Crippen molar-refractivity contribution in [2.75, 3.05) is 0 Å². The third kappa shape index (κ3) is 0.974. The van der Waals surface area contributed by atoms with Gasteiger partial charge in [-0.05, 0) is 6.92 Å². The average Bonchev–Trinajstić information content (AvgIpc) is 2.48. The van der Waals surface area contributed by atoms with Crippen LogP contribution in [-0.4, -0.2) is 15.0 Å². The molecular formula is C7H5Cl2N3. The fourth-order valence-electron chi connectivity index (χ4n) is 1.06. The second kappa shape index (κ2) is 2.61. The van der Waals surface area contributed by atoms with E-state index in [2.05, 4.69) is 15.0 Å². The lowest BCUT2D eigenvalue weighted by Gasteiger charge is -1.98. The summed E-state index contributed by atoms with van der Waals surface area (Å²) in [4.78, 5) is 10.9. The van der Waals surface area contributed by atoms with Crippen LogP contribution in [0.25, 0.3) is 11.0 Å². The van der Waals surface area contributed by atoms with Crippen molar-refractivity contribution in [1.29, 1.82) is 0 Å². The molecule has 2 heterocycles. The first-order chi connectivity index (χ1) is 5.70. The van der Waals surface area contributed by atoms with E-state index in [1.54, 1.807) is 6.33 Å². The van der Waals surface area contributed by atoms with Crippen LogP contribution in [0, 0.1) is 6.92 Å². The minimum absolute atomic E-state index is 0.359. The second-order valence-electron chi connectivity index (χ2n) is 2.44. The van der Waals surface area contributed by atoms with Crippen LogP contribution in [0.1, 0.15) is 5.56 Å². The van der Waals surface area contributed by atoms with Gasteiger partial charge in [-0.3, -0.25) is 0 Å². The number of halogens is 2. The third-order valence-corrected chi connectivity index (χ3v) is 2.35. The molecule has 0 aliphatic carbocycles. The number of nitrogens with zero attached hydrogens (tertiary/aromatic N) is 2. The highest BCUT2D eigenvalue weighted by Crippen LogP contribution is 2.25. The highest BCUT2D eigenvalue weighted by Gasteiger charge is 2.09. The van der Waals surface area contributed by atoms with Crippen LogP contribution in [-0.2, 0) is 0 Å². The number of H-pyrrole nitrogens is 1. The summed E-state index contributed by atoms with van der Waals surface area (Å²) >= 11 is 11.6. The smallest absolute Gasteiger partial charge is 0.156 e. The van der Waals surface area contributed by atoms with Gasteiger partial charge in [0.15, 0.2) is 5.15 Å². The van der Waals surface area contributed by atoms with E-state index >= 15 is 0 Å². The molecule has 0 fully saturated rings. The number of imidazole rings is 1. The van der Waals surface area contributed by atoms with Crippen LogP contribution in [0.3, 0.4) is 0 Å². The van der Waals surface area contributed by atoms with Gasteiger partial charge in [-0.25, -0.2) is 9.97 Å². The van der Waals surface area contributed by atoms with Crippen LogP contribution in [0.4, 0.5) is 0 Å². The minimum Gasteiger partial charge on any atom is -0.342 e. The molecule has 2 aromatic rings. The Morgan fingerprint density at radius 3 is 2.83 bits per heavy atom. The maximum absolute atomic E-state index is 5.81. The number of pyridine rings is 1. The van der Waals surface area contributed by atoms with Crippen molar-refractivity contribution >= 4 is 34.2 Å². The van der Waals surface area contributed by atoms with Gasteiger partial charge in [-0.15, -0.1) is 0 Å². The van der Waals surface area contributed by atoms with Crippen molar-refractivity contribution in [3.05, 3.63) is 22.2 Å². The molecule has 0 unspecified atom stereocenters. The van der Waals surface area contributed by atoms with E-state index in [1.165, 1.54) is 0 Å². The Morgan fingerprint density at radius 2 is 2.08 bits per heavy atom. The van der Waals surface area contributed by atoms with Gasteiger partial charge in [-0.1, -0.05) is 23.2 Å². The van der Waals surface area contributed by atoms with Crippen molar-refractivity contribution in [2.24, 2.45) is 0 Å². The molecule has 2 rings (SSSR count). The van der Waals surface area contributed by atoms with E-state index in [-0.39, 0.29) is 0 Å². The molecule has 0 bridgehead atoms. The zero-order chi connectivity index (χ0) is 8.72. The number of fused-ring (bicyclic) bond motifs is 1. The molecule has 0 saturated heterocycles. The molecule has 0 radical (unpaired) electrons. The fraction of sp³-hybridized carbons (Fsp3) is 0.143. The largest absolute Gasteiger partial charge is 0.342 e. The number of rotatable bonds is 0. The normalized spacial score (nSPS) is 10.9. The van der Waals surface area contributed by atoms with Gasteiger partial charge in [-0.2, -0.15) is 0 Å². The van der Waals surface area contributed by atoms with Crippen molar-refractivity contribution in [3.63, 3.8) is 0 Å². The fourth-order valence-corrected chi connectivity index (χ4v) is 1.51. The zero-order valence-corrected chi connectivity index (χ0v) is 7.74. The minimum atomic E-state index is 0.359. The second-order valence-corrected chi connectivity index (χ2v) is 3.16. The Balaban J connectivity index is 2.97. The van der Waals surface area contributed by atoms with Crippen LogP contribution in [0.15, 0.2) is 6.33 Å². The van der Waals surface area contributed by atoms with Gasteiger partial charge >= 0.3 is 0 Å². The van der Waals surface area contributed by atoms with Gasteiger partial charge in [0.2, 0.25) is 0 Å². The Bertz CT molecular complexity index is 435. The first-order valence-corrected chi connectivity index (χ1v) is 4.10. The monoisotopic (exact) mass is 201 g/mol. The van der Waals surface area contributed by atoms with Crippen molar-refractivity contribution in [3.8, 4) is 0 Å². The van der Waals surface area contributed by atoms with Crippen LogP contribution in [0.5, 0.6) is 0 Å². The van der Waals surface area contributed by atoms with Crippen molar-refractivity contribution < 1.29 is 0 Å². The van der Waals surface area contributed by atoms with Crippen LogP contribution >= 0.6 is 23.2 Å². The summed E-state index contributed by atoms with van der Waals surface area (Å²) in [6.45, 7) is 1.86. The van der Waals surface area contributed by atoms with E-state index in [0.717, 1.165) is 16.6 Å². The molecule has 5 heteroatoms. The van der Waals surface area contributed by atoms with Crippen molar-refractivity contribution in [1.82, 2.24) is 15.0 Å². The SMILES string of the molecule is Cc1c(Cl)nc(Cl)c2[nH]cnc12. The lowest BCUT2D eigenvalue weighted by atomic mass is 10.3. The highest BCUT2D eigenvalue weighted by molar-refractivity contribution is 6.36. The number of aryl methyl sites for hydroxylation is 1. The molecular weight excluding hydrogens is 197 g/mol. The van der Waals surface area contributed by atoms with Gasteiger partial charge in [0, 0.05) is 5.56 Å². The topological polar surface area (TPSA) is 41.6 Å². The van der Waals surface area contributed by atoms with Gasteiger partial charge in [0.25, 0.3) is 0 Å². The van der Waals surface area contributed by atoms with Crippen LogP contribution in [0.2, 0.25) is 10.3 Å². The molecule has 1 N–H and O–H groups in total. The Kier molecular flexibility index (Phi) is 1.70. The van der Waals surface area contributed by atoms with Gasteiger partial charge in [0.05, 0.1) is 11.8 Å². The molecule has 0 amide bonds. The van der Waals surface area contributed by atoms with Gasteiger partial charge < -0.3 is 4.98 Å². The first kappa shape index (κ1) is 7.83. The molecule has 62 valence electrons. The summed E-state index contributed by atoms with van der Waals surface area (Å²) in [5.74, 6) is 0. The predicted octanol–water partition coefficient (Wildman–Crippen LogP) is 2.57. The Morgan fingerprint density at radius 1 is 1.33 bits per heavy atom. The zero-order valence-electron chi connectivity index (χ0n) is 6.23. The number of hydrogen-bond donors (Lipinski definition) is 1. The Labute approximate surface area is 78.7 Å². The van der Waals surface area contributed by atoms with E-state index in [4.69, 9.17) is 23.2 Å². The first-order valence-electron chi connectivity index (χ1n) is 3.35. The summed E-state index contributed by atoms with van der Waals surface area (Å²) in [7, 11) is 0. The molecule has 3 nitrogen and oxygen atoms in total. The molecule has 12 heavy (non-hydrogen) atoms. The molecule has 2 aromatic heterocycles. The summed E-state index contributed by atoms with van der Waals surface area (Å²) < 4.78 is 0. The molecule has 0 spiro atoms. The number of nitrogens with one attached hydrogen (secondary N) is 1. The molecule has 0 aliphatic heterocycles. The summed E-state index contributed by atoms with van der Waals surface area (Å²) in [5, 5.41) is 0.762. The number of aromatic nitrogens is 3. The molecule has 0 aliphatic rings. The molecule has 0 saturated carbocycles. The Hall–Kier alpha value is -0.800. The van der Waals surface area contributed by atoms with E-state index < -0.39 is 0 Å². The van der Waals surface area contributed by atoms with E-state index in [9.17, 15) is 0 Å². The quantitative estimate of drug-likeness (QED) is 0.667. The van der Waals surface area contributed by atoms with E-state index in [0.29, 0.717) is 10.3 Å². The standard InChI is InChI=1S/C7H5Cl2N3/c1-3-4-5(11-2-10-4)7(9)12-6(3)8/h2H,1H3,(H,10,11). The average molecular weight is 202 g/mol. The molecule has 0 aromatic carbocycles. The van der Waals surface area contributed by atoms with Crippen LogP contribution < -0.4 is 0 Å². The third-order valence-electron chi connectivity index (χ3n) is 1.71. The summed E-state index contributed by atoms with van der Waals surface area (Å²) in [6, 6.07) is 0. The number of aromatic amines is 1. The molecule has 0 atom stereocenters. The lowest BCUT2D eigenvalue weighted by molar-refractivity contribution is 1.29. The highest BCUT2D eigenvalue weighted by atomic mass is 35.5. The maximum atomic E-state index is 5.81. The summed E-state index contributed by atoms with van der Waals surface area (Å²) in [5.41, 5.74) is 2.36.